The van der Waals surface area contributed by atoms with Gasteiger partial charge in [-0.2, -0.15) is 0 Å². The predicted molar refractivity (Wildman–Crippen MR) is 81.2 cm³/mol. The molecule has 0 atom stereocenters. The van der Waals surface area contributed by atoms with E-state index >= 15 is 0 Å². The fourth-order valence-corrected chi connectivity index (χ4v) is 1.66. The summed E-state index contributed by atoms with van der Waals surface area (Å²) in [6, 6.07) is 6.99. The van der Waals surface area contributed by atoms with Crippen LogP contribution in [0.1, 0.15) is 43.0 Å². The highest BCUT2D eigenvalue weighted by Crippen LogP contribution is 2.12. The summed E-state index contributed by atoms with van der Waals surface area (Å²) < 4.78 is 0. The van der Waals surface area contributed by atoms with Crippen molar-refractivity contribution < 1.29 is 14.8 Å². The Morgan fingerprint density at radius 2 is 1.95 bits per heavy atom. The van der Waals surface area contributed by atoms with Gasteiger partial charge in [-0.3, -0.25) is 19.8 Å². The molecule has 7 heteroatoms. The van der Waals surface area contributed by atoms with E-state index in [0.29, 0.717) is 17.8 Å². The highest BCUT2D eigenvalue weighted by molar-refractivity contribution is 5.98. The van der Waals surface area contributed by atoms with Crippen LogP contribution >= 0.6 is 0 Å². The Labute approximate surface area is 124 Å². The van der Waals surface area contributed by atoms with E-state index in [0.717, 1.165) is 12.8 Å². The molecule has 0 aromatic heterocycles. The second-order valence-electron chi connectivity index (χ2n) is 4.39. The number of amides is 2. The molecule has 0 aliphatic carbocycles. The standard InChI is InChI=1S/C13H21N3O.CH3NO2/c1-2-3-4-7-10-16(15)13(17)11-8-5-6-9-12(11)14;3-1-2-4/h5-6,8-9H,2-4,7,10,14-15H2,1H3;1,4H,(H,2,3). The maximum absolute atomic E-state index is 12.0. The third kappa shape index (κ3) is 7.91. The van der Waals surface area contributed by atoms with Gasteiger partial charge in [0.25, 0.3) is 5.91 Å². The predicted octanol–water partition coefficient (Wildman–Crippen LogP) is 1.29. The summed E-state index contributed by atoms with van der Waals surface area (Å²) in [5.41, 5.74) is 7.93. The highest BCUT2D eigenvalue weighted by Gasteiger charge is 2.13. The summed E-state index contributed by atoms with van der Waals surface area (Å²) in [5.74, 6) is 5.52. The fourth-order valence-electron chi connectivity index (χ4n) is 1.66. The second-order valence-corrected chi connectivity index (χ2v) is 4.39. The van der Waals surface area contributed by atoms with Crippen molar-refractivity contribution in [2.24, 2.45) is 5.84 Å². The molecule has 0 bridgehead atoms. The molecular weight excluding hydrogens is 272 g/mol. The Hall–Kier alpha value is -2.12. The molecule has 0 radical (unpaired) electrons. The SMILES string of the molecule is CCCCCCN(N)C(=O)c1ccccc1N.O=CNO. The molecule has 0 heterocycles. The van der Waals surface area contributed by atoms with Gasteiger partial charge < -0.3 is 5.73 Å². The van der Waals surface area contributed by atoms with Crippen LogP contribution < -0.4 is 17.1 Å². The zero-order chi connectivity index (χ0) is 16.1. The number of unbranched alkanes of at least 4 members (excludes halogenated alkanes) is 3. The molecule has 2 amide bonds. The lowest BCUT2D eigenvalue weighted by Gasteiger charge is -2.17. The van der Waals surface area contributed by atoms with Crippen molar-refractivity contribution in [3.05, 3.63) is 29.8 Å². The zero-order valence-corrected chi connectivity index (χ0v) is 12.3. The van der Waals surface area contributed by atoms with Gasteiger partial charge in [0.1, 0.15) is 0 Å². The molecule has 118 valence electrons. The van der Waals surface area contributed by atoms with Gasteiger partial charge in [-0.1, -0.05) is 38.3 Å². The summed E-state index contributed by atoms with van der Waals surface area (Å²) in [5, 5.41) is 8.51. The Balaban J connectivity index is 0.000000885. The molecule has 0 aliphatic rings. The number of para-hydroxylation sites is 1. The number of nitrogens with one attached hydrogen (secondary N) is 1. The number of nitrogen functional groups attached to an aromatic ring is 1. The Morgan fingerprint density at radius 1 is 1.33 bits per heavy atom. The van der Waals surface area contributed by atoms with E-state index in [1.807, 2.05) is 0 Å². The van der Waals surface area contributed by atoms with Gasteiger partial charge in [0, 0.05) is 12.2 Å². The molecule has 0 spiro atoms. The Kier molecular flexibility index (Phi) is 10.5. The molecule has 0 unspecified atom stereocenters. The van der Waals surface area contributed by atoms with Crippen molar-refractivity contribution in [2.45, 2.75) is 32.6 Å². The van der Waals surface area contributed by atoms with Crippen LogP contribution in [0, 0.1) is 0 Å². The molecule has 0 saturated heterocycles. The van der Waals surface area contributed by atoms with Crippen LogP contribution in [0.5, 0.6) is 0 Å². The highest BCUT2D eigenvalue weighted by atomic mass is 16.5. The molecule has 6 N–H and O–H groups in total. The first kappa shape index (κ1) is 18.9. The van der Waals surface area contributed by atoms with E-state index in [2.05, 4.69) is 6.92 Å². The molecule has 0 saturated carbocycles. The number of nitrogens with two attached hydrogens (primary N) is 2. The zero-order valence-electron chi connectivity index (χ0n) is 12.3. The quantitative estimate of drug-likeness (QED) is 0.115. The molecule has 1 rings (SSSR count). The molecular formula is C14H24N4O3. The Bertz CT molecular complexity index is 426. The minimum atomic E-state index is -0.209. The summed E-state index contributed by atoms with van der Waals surface area (Å²) >= 11 is 0. The third-order valence-electron chi connectivity index (χ3n) is 2.76. The van der Waals surface area contributed by atoms with Gasteiger partial charge in [-0.15, -0.1) is 0 Å². The number of anilines is 1. The van der Waals surface area contributed by atoms with Gasteiger partial charge in [-0.25, -0.2) is 11.3 Å². The van der Waals surface area contributed by atoms with Crippen molar-refractivity contribution >= 4 is 18.0 Å². The molecule has 0 aliphatic heterocycles. The fraction of sp³-hybridized carbons (Fsp3) is 0.429. The number of nitrogens with zero attached hydrogens (tertiary/aromatic N) is 1. The van der Waals surface area contributed by atoms with Crippen LogP contribution in [0.4, 0.5) is 5.69 Å². The van der Waals surface area contributed by atoms with E-state index in [1.165, 1.54) is 23.3 Å². The lowest BCUT2D eigenvalue weighted by Crippen LogP contribution is -2.38. The van der Waals surface area contributed by atoms with Crippen LogP contribution in [0.3, 0.4) is 0 Å². The van der Waals surface area contributed by atoms with E-state index < -0.39 is 0 Å². The van der Waals surface area contributed by atoms with E-state index in [1.54, 1.807) is 24.3 Å². The minimum Gasteiger partial charge on any atom is -0.398 e. The van der Waals surface area contributed by atoms with E-state index in [9.17, 15) is 4.79 Å². The summed E-state index contributed by atoms with van der Waals surface area (Å²) in [4.78, 5) is 20.8. The van der Waals surface area contributed by atoms with Crippen LogP contribution in [0.15, 0.2) is 24.3 Å². The van der Waals surface area contributed by atoms with Crippen molar-refractivity contribution in [2.75, 3.05) is 12.3 Å². The minimum absolute atomic E-state index is 0.181. The summed E-state index contributed by atoms with van der Waals surface area (Å²) in [6.07, 6.45) is 4.56. The lowest BCUT2D eigenvalue weighted by atomic mass is 10.1. The number of benzene rings is 1. The molecule has 0 fully saturated rings. The van der Waals surface area contributed by atoms with Crippen molar-refractivity contribution in [1.82, 2.24) is 10.5 Å². The largest absolute Gasteiger partial charge is 0.398 e. The smallest absolute Gasteiger partial charge is 0.269 e. The summed E-state index contributed by atoms with van der Waals surface area (Å²) in [6.45, 7) is 2.73. The number of hydrogen-bond acceptors (Lipinski definition) is 5. The number of rotatable bonds is 7. The first-order valence-electron chi connectivity index (χ1n) is 6.82. The number of hydrazine groups is 1. The van der Waals surface area contributed by atoms with Crippen LogP contribution in [-0.2, 0) is 4.79 Å². The Morgan fingerprint density at radius 3 is 2.48 bits per heavy atom. The normalized spacial score (nSPS) is 9.29. The van der Waals surface area contributed by atoms with Crippen LogP contribution in [0.2, 0.25) is 0 Å². The van der Waals surface area contributed by atoms with E-state index in [-0.39, 0.29) is 12.3 Å². The molecule has 21 heavy (non-hydrogen) atoms. The lowest BCUT2D eigenvalue weighted by molar-refractivity contribution is -0.116. The van der Waals surface area contributed by atoms with Gasteiger partial charge in [-0.05, 0) is 18.6 Å². The number of carbonyl (C=O) groups is 2. The van der Waals surface area contributed by atoms with Crippen LogP contribution in [0.25, 0.3) is 0 Å². The van der Waals surface area contributed by atoms with Crippen LogP contribution in [-0.4, -0.2) is 29.1 Å². The number of carbonyl (C=O) groups excluding carboxylic acids is 2. The maximum Gasteiger partial charge on any atom is 0.269 e. The molecule has 1 aromatic carbocycles. The molecule has 7 nitrogen and oxygen atoms in total. The summed E-state index contributed by atoms with van der Waals surface area (Å²) in [7, 11) is 0. The average Bonchev–Trinajstić information content (AvgIpc) is 2.51. The van der Waals surface area contributed by atoms with Gasteiger partial charge in [0.05, 0.1) is 5.56 Å². The first-order valence-corrected chi connectivity index (χ1v) is 6.82. The number of hydroxylamine groups is 1. The first-order chi connectivity index (χ1) is 10.1. The maximum atomic E-state index is 12.0. The van der Waals surface area contributed by atoms with Gasteiger partial charge >= 0.3 is 0 Å². The van der Waals surface area contributed by atoms with Gasteiger partial charge in [0.15, 0.2) is 0 Å². The monoisotopic (exact) mass is 296 g/mol. The van der Waals surface area contributed by atoms with E-state index in [4.69, 9.17) is 21.6 Å². The number of hydrogen-bond donors (Lipinski definition) is 4. The van der Waals surface area contributed by atoms with Crippen molar-refractivity contribution in [1.29, 1.82) is 0 Å². The topological polar surface area (TPSA) is 122 Å². The third-order valence-corrected chi connectivity index (χ3v) is 2.76. The van der Waals surface area contributed by atoms with Crippen molar-refractivity contribution in [3.63, 3.8) is 0 Å². The molecule has 1 aromatic rings. The average molecular weight is 296 g/mol. The second kappa shape index (κ2) is 11.7. The van der Waals surface area contributed by atoms with Crippen molar-refractivity contribution in [3.8, 4) is 0 Å². The van der Waals surface area contributed by atoms with Gasteiger partial charge in [0.2, 0.25) is 6.41 Å².